The van der Waals surface area contributed by atoms with Crippen molar-refractivity contribution in [2.24, 2.45) is 5.92 Å². The SMILES string of the molecule is COC(C)(CC(C)C)c1ccc(F)cc1. The molecule has 2 heteroatoms. The first-order chi connectivity index (χ1) is 6.98. The summed E-state index contributed by atoms with van der Waals surface area (Å²) in [7, 11) is 1.70. The molecule has 0 spiro atoms. The first kappa shape index (κ1) is 12.2. The Bertz CT molecular complexity index is 305. The number of hydrogen-bond donors (Lipinski definition) is 0. The first-order valence-corrected chi connectivity index (χ1v) is 5.29. The van der Waals surface area contributed by atoms with Crippen LogP contribution >= 0.6 is 0 Å². The Morgan fingerprint density at radius 2 is 1.80 bits per heavy atom. The fourth-order valence-corrected chi connectivity index (χ4v) is 1.90. The maximum Gasteiger partial charge on any atom is 0.123 e. The van der Waals surface area contributed by atoms with Gasteiger partial charge in [0, 0.05) is 7.11 Å². The highest BCUT2D eigenvalue weighted by Gasteiger charge is 2.26. The van der Waals surface area contributed by atoms with E-state index in [0.717, 1.165) is 12.0 Å². The topological polar surface area (TPSA) is 9.23 Å². The minimum Gasteiger partial charge on any atom is -0.374 e. The smallest absolute Gasteiger partial charge is 0.123 e. The predicted molar refractivity (Wildman–Crippen MR) is 60.2 cm³/mol. The molecule has 1 aromatic carbocycles. The van der Waals surface area contributed by atoms with Gasteiger partial charge < -0.3 is 4.74 Å². The highest BCUT2D eigenvalue weighted by Crippen LogP contribution is 2.31. The summed E-state index contributed by atoms with van der Waals surface area (Å²) in [5.41, 5.74) is 0.710. The van der Waals surface area contributed by atoms with Crippen molar-refractivity contribution in [1.82, 2.24) is 0 Å². The van der Waals surface area contributed by atoms with Crippen molar-refractivity contribution >= 4 is 0 Å². The van der Waals surface area contributed by atoms with Crippen LogP contribution < -0.4 is 0 Å². The van der Waals surface area contributed by atoms with Gasteiger partial charge in [0.2, 0.25) is 0 Å². The van der Waals surface area contributed by atoms with Gasteiger partial charge >= 0.3 is 0 Å². The summed E-state index contributed by atoms with van der Waals surface area (Å²) in [5, 5.41) is 0. The largest absolute Gasteiger partial charge is 0.374 e. The van der Waals surface area contributed by atoms with Gasteiger partial charge in [0.05, 0.1) is 5.60 Å². The fraction of sp³-hybridized carbons (Fsp3) is 0.538. The van der Waals surface area contributed by atoms with Crippen molar-refractivity contribution in [3.8, 4) is 0 Å². The van der Waals surface area contributed by atoms with Crippen LogP contribution in [0.1, 0.15) is 32.8 Å². The summed E-state index contributed by atoms with van der Waals surface area (Å²) >= 11 is 0. The molecule has 84 valence electrons. The molecule has 0 aliphatic carbocycles. The highest BCUT2D eigenvalue weighted by molar-refractivity contribution is 5.22. The number of benzene rings is 1. The van der Waals surface area contributed by atoms with Gasteiger partial charge in [-0.3, -0.25) is 0 Å². The third-order valence-corrected chi connectivity index (χ3v) is 2.70. The summed E-state index contributed by atoms with van der Waals surface area (Å²) < 4.78 is 18.4. The van der Waals surface area contributed by atoms with Crippen LogP contribution in [0.2, 0.25) is 0 Å². The zero-order valence-corrected chi connectivity index (χ0v) is 9.88. The van der Waals surface area contributed by atoms with E-state index in [9.17, 15) is 4.39 Å². The van der Waals surface area contributed by atoms with E-state index in [4.69, 9.17) is 4.74 Å². The Morgan fingerprint density at radius 3 is 2.20 bits per heavy atom. The van der Waals surface area contributed by atoms with Crippen LogP contribution in [0.3, 0.4) is 0 Å². The lowest BCUT2D eigenvalue weighted by Gasteiger charge is -2.30. The maximum atomic E-state index is 12.8. The molecule has 15 heavy (non-hydrogen) atoms. The minimum absolute atomic E-state index is 0.207. The molecule has 1 atom stereocenters. The van der Waals surface area contributed by atoms with Gasteiger partial charge in [-0.15, -0.1) is 0 Å². The molecule has 0 aromatic heterocycles. The Hall–Kier alpha value is -0.890. The molecule has 0 amide bonds. The Morgan fingerprint density at radius 1 is 1.27 bits per heavy atom. The lowest BCUT2D eigenvalue weighted by Crippen LogP contribution is -2.26. The monoisotopic (exact) mass is 210 g/mol. The second kappa shape index (κ2) is 4.75. The van der Waals surface area contributed by atoms with Crippen LogP contribution in [0, 0.1) is 11.7 Å². The first-order valence-electron chi connectivity index (χ1n) is 5.29. The lowest BCUT2D eigenvalue weighted by molar-refractivity contribution is -0.0153. The zero-order chi connectivity index (χ0) is 11.5. The molecule has 0 saturated heterocycles. The van der Waals surface area contributed by atoms with Gasteiger partial charge in [-0.2, -0.15) is 0 Å². The Labute approximate surface area is 91.3 Å². The standard InChI is InChI=1S/C13H19FO/c1-10(2)9-13(3,15-4)11-5-7-12(14)8-6-11/h5-8,10H,9H2,1-4H3. The normalized spacial score (nSPS) is 15.3. The molecular weight excluding hydrogens is 191 g/mol. The molecule has 1 rings (SSSR count). The number of hydrogen-bond acceptors (Lipinski definition) is 1. The molecule has 0 bridgehead atoms. The van der Waals surface area contributed by atoms with Gasteiger partial charge in [0.25, 0.3) is 0 Å². The summed E-state index contributed by atoms with van der Waals surface area (Å²) in [6.45, 7) is 6.35. The molecule has 0 fully saturated rings. The number of rotatable bonds is 4. The third-order valence-electron chi connectivity index (χ3n) is 2.70. The molecule has 0 aliphatic rings. The third kappa shape index (κ3) is 3.03. The van der Waals surface area contributed by atoms with Crippen molar-refractivity contribution in [3.63, 3.8) is 0 Å². The van der Waals surface area contributed by atoms with E-state index in [2.05, 4.69) is 13.8 Å². The summed E-state index contributed by atoms with van der Waals surface area (Å²) in [6.07, 6.45) is 0.926. The fourth-order valence-electron chi connectivity index (χ4n) is 1.90. The van der Waals surface area contributed by atoms with E-state index in [1.165, 1.54) is 12.1 Å². The quantitative estimate of drug-likeness (QED) is 0.735. The summed E-state index contributed by atoms with van der Waals surface area (Å²) in [4.78, 5) is 0. The molecule has 1 nitrogen and oxygen atoms in total. The van der Waals surface area contributed by atoms with Gasteiger partial charge in [0.1, 0.15) is 5.82 Å². The number of ether oxygens (including phenoxy) is 1. The minimum atomic E-state index is -0.318. The molecule has 0 radical (unpaired) electrons. The predicted octanol–water partition coefficient (Wildman–Crippen LogP) is 3.73. The van der Waals surface area contributed by atoms with Crippen molar-refractivity contribution in [2.75, 3.05) is 7.11 Å². The Balaban J connectivity index is 2.95. The van der Waals surface area contributed by atoms with E-state index >= 15 is 0 Å². The van der Waals surface area contributed by atoms with E-state index < -0.39 is 0 Å². The second-order valence-electron chi connectivity index (χ2n) is 4.54. The van der Waals surface area contributed by atoms with Crippen LogP contribution in [-0.4, -0.2) is 7.11 Å². The van der Waals surface area contributed by atoms with Crippen LogP contribution in [0.25, 0.3) is 0 Å². The van der Waals surface area contributed by atoms with Crippen molar-refractivity contribution in [2.45, 2.75) is 32.8 Å². The molecule has 0 aliphatic heterocycles. The molecule has 1 aromatic rings. The molecule has 0 heterocycles. The average Bonchev–Trinajstić information content (AvgIpc) is 2.17. The highest BCUT2D eigenvalue weighted by atomic mass is 19.1. The number of halogens is 1. The van der Waals surface area contributed by atoms with Gasteiger partial charge in [-0.25, -0.2) is 4.39 Å². The molecule has 0 saturated carbocycles. The van der Waals surface area contributed by atoms with Gasteiger partial charge in [-0.1, -0.05) is 26.0 Å². The van der Waals surface area contributed by atoms with Gasteiger partial charge in [-0.05, 0) is 37.0 Å². The molecular formula is C13H19FO. The zero-order valence-electron chi connectivity index (χ0n) is 9.88. The van der Waals surface area contributed by atoms with E-state index in [-0.39, 0.29) is 11.4 Å². The summed E-state index contributed by atoms with van der Waals surface area (Å²) in [5.74, 6) is 0.335. The summed E-state index contributed by atoms with van der Waals surface area (Å²) in [6, 6.07) is 6.54. The van der Waals surface area contributed by atoms with E-state index in [1.807, 2.05) is 6.92 Å². The van der Waals surface area contributed by atoms with Crippen molar-refractivity contribution in [1.29, 1.82) is 0 Å². The van der Waals surface area contributed by atoms with E-state index in [0.29, 0.717) is 5.92 Å². The maximum absolute atomic E-state index is 12.8. The lowest BCUT2D eigenvalue weighted by atomic mass is 9.87. The Kier molecular flexibility index (Phi) is 3.86. The van der Waals surface area contributed by atoms with Crippen LogP contribution in [0.5, 0.6) is 0 Å². The van der Waals surface area contributed by atoms with Crippen LogP contribution in [0.15, 0.2) is 24.3 Å². The van der Waals surface area contributed by atoms with E-state index in [1.54, 1.807) is 19.2 Å². The number of methoxy groups -OCH3 is 1. The van der Waals surface area contributed by atoms with Crippen LogP contribution in [-0.2, 0) is 10.3 Å². The second-order valence-corrected chi connectivity index (χ2v) is 4.54. The average molecular weight is 210 g/mol. The van der Waals surface area contributed by atoms with Crippen molar-refractivity contribution in [3.05, 3.63) is 35.6 Å². The van der Waals surface area contributed by atoms with Crippen LogP contribution in [0.4, 0.5) is 4.39 Å². The molecule has 1 unspecified atom stereocenters. The van der Waals surface area contributed by atoms with Crippen molar-refractivity contribution < 1.29 is 9.13 Å². The van der Waals surface area contributed by atoms with Gasteiger partial charge in [0.15, 0.2) is 0 Å². The molecule has 0 N–H and O–H groups in total.